The van der Waals surface area contributed by atoms with Gasteiger partial charge in [0.25, 0.3) is 0 Å². The summed E-state index contributed by atoms with van der Waals surface area (Å²) < 4.78 is 54.4. The number of ether oxygens (including phenoxy) is 1. The summed E-state index contributed by atoms with van der Waals surface area (Å²) in [6.45, 7) is 0.268. The highest BCUT2D eigenvalue weighted by Crippen LogP contribution is 2.27. The van der Waals surface area contributed by atoms with Gasteiger partial charge in [-0.1, -0.05) is 19.1 Å². The molecule has 0 aliphatic heterocycles. The second kappa shape index (κ2) is 5.99. The van der Waals surface area contributed by atoms with Crippen molar-refractivity contribution in [2.24, 2.45) is 0 Å². The number of alkyl halides is 2. The van der Waals surface area contributed by atoms with Crippen molar-refractivity contribution in [3.05, 3.63) is 24.3 Å². The third-order valence-electron chi connectivity index (χ3n) is 2.46. The van der Waals surface area contributed by atoms with E-state index in [-0.39, 0.29) is 11.4 Å². The molecule has 0 amide bonds. The first-order valence-corrected chi connectivity index (χ1v) is 6.97. The Morgan fingerprint density at radius 3 is 2.50 bits per heavy atom. The van der Waals surface area contributed by atoms with Gasteiger partial charge in [0, 0.05) is 0 Å². The van der Waals surface area contributed by atoms with Crippen LogP contribution in [0.4, 0.5) is 14.5 Å². The fourth-order valence-electron chi connectivity index (χ4n) is 1.22. The highest BCUT2D eigenvalue weighted by molar-refractivity contribution is 7.93. The molecule has 4 nitrogen and oxygen atoms in total. The number of hydrogen-bond acceptors (Lipinski definition) is 3. The molecular weight excluding hydrogens is 264 g/mol. The first-order chi connectivity index (χ1) is 8.36. The molecule has 0 radical (unpaired) electrons. The first-order valence-electron chi connectivity index (χ1n) is 5.42. The predicted molar refractivity (Wildman–Crippen MR) is 65.4 cm³/mol. The molecule has 0 spiro atoms. The molecule has 18 heavy (non-hydrogen) atoms. The first kappa shape index (κ1) is 14.7. The van der Waals surface area contributed by atoms with Crippen LogP contribution in [0.25, 0.3) is 0 Å². The summed E-state index contributed by atoms with van der Waals surface area (Å²) in [5.41, 5.74) is 0.0121. The number of sulfonamides is 1. The van der Waals surface area contributed by atoms with Crippen LogP contribution < -0.4 is 9.46 Å². The number of para-hydroxylation sites is 2. The summed E-state index contributed by atoms with van der Waals surface area (Å²) in [6, 6.07) is 5.67. The monoisotopic (exact) mass is 279 g/mol. The Morgan fingerprint density at radius 2 is 1.94 bits per heavy atom. The van der Waals surface area contributed by atoms with Gasteiger partial charge in [0.15, 0.2) is 0 Å². The van der Waals surface area contributed by atoms with Gasteiger partial charge in [-0.05, 0) is 25.5 Å². The molecule has 1 N–H and O–H groups in total. The van der Waals surface area contributed by atoms with Gasteiger partial charge in [-0.3, -0.25) is 4.72 Å². The minimum Gasteiger partial charge on any atom is -0.433 e. The molecule has 0 bridgehead atoms. The number of rotatable bonds is 6. The SMILES string of the molecule is CC[C@@H](C)S(=O)(=O)Nc1ccccc1OC(F)F. The minimum atomic E-state index is -3.60. The molecular formula is C11H15F2NO3S. The number of hydrogen-bond donors (Lipinski definition) is 1. The van der Waals surface area contributed by atoms with Crippen molar-refractivity contribution in [1.29, 1.82) is 0 Å². The quantitative estimate of drug-likeness (QED) is 0.871. The van der Waals surface area contributed by atoms with Gasteiger partial charge in [-0.15, -0.1) is 0 Å². The smallest absolute Gasteiger partial charge is 0.387 e. The van der Waals surface area contributed by atoms with Gasteiger partial charge in [0.05, 0.1) is 10.9 Å². The van der Waals surface area contributed by atoms with E-state index in [9.17, 15) is 17.2 Å². The van der Waals surface area contributed by atoms with Crippen LogP contribution >= 0.6 is 0 Å². The van der Waals surface area contributed by atoms with Crippen molar-refractivity contribution >= 4 is 15.7 Å². The Morgan fingerprint density at radius 1 is 1.33 bits per heavy atom. The summed E-state index contributed by atoms with van der Waals surface area (Å²) >= 11 is 0. The standard InChI is InChI=1S/C11H15F2NO3S/c1-3-8(2)18(15,16)14-9-6-4-5-7-10(9)17-11(12)13/h4-8,11,14H,3H2,1-2H3/t8-/m1/s1. The summed E-state index contributed by atoms with van der Waals surface area (Å²) in [5.74, 6) is -0.195. The molecule has 1 atom stereocenters. The van der Waals surface area contributed by atoms with Crippen molar-refractivity contribution < 1.29 is 21.9 Å². The summed E-state index contributed by atoms with van der Waals surface area (Å²) in [6.07, 6.45) is 0.424. The Balaban J connectivity index is 2.97. The lowest BCUT2D eigenvalue weighted by Gasteiger charge is -2.15. The van der Waals surface area contributed by atoms with E-state index in [1.165, 1.54) is 24.3 Å². The zero-order valence-electron chi connectivity index (χ0n) is 10.1. The molecule has 0 saturated heterocycles. The average molecular weight is 279 g/mol. The minimum absolute atomic E-state index is 0.0121. The van der Waals surface area contributed by atoms with Crippen LogP contribution in [-0.2, 0) is 10.0 Å². The zero-order chi connectivity index (χ0) is 13.8. The Kier molecular flexibility index (Phi) is 4.89. The van der Waals surface area contributed by atoms with Crippen LogP contribution in [0.3, 0.4) is 0 Å². The lowest BCUT2D eigenvalue weighted by Crippen LogP contribution is -2.25. The fraction of sp³-hybridized carbons (Fsp3) is 0.455. The van der Waals surface area contributed by atoms with Gasteiger partial charge in [-0.2, -0.15) is 8.78 Å². The molecule has 0 saturated carbocycles. The molecule has 1 aromatic carbocycles. The number of nitrogens with one attached hydrogen (secondary N) is 1. The van der Waals surface area contributed by atoms with Crippen LogP contribution in [0, 0.1) is 0 Å². The van der Waals surface area contributed by atoms with Crippen molar-refractivity contribution in [3.8, 4) is 5.75 Å². The molecule has 7 heteroatoms. The highest BCUT2D eigenvalue weighted by Gasteiger charge is 2.20. The molecule has 0 heterocycles. The van der Waals surface area contributed by atoms with Gasteiger partial charge in [0.1, 0.15) is 5.75 Å². The molecule has 0 aliphatic carbocycles. The third-order valence-corrected chi connectivity index (χ3v) is 4.36. The summed E-state index contributed by atoms with van der Waals surface area (Å²) in [5, 5.41) is -0.614. The van der Waals surface area contributed by atoms with E-state index in [0.717, 1.165) is 0 Å². The summed E-state index contributed by atoms with van der Waals surface area (Å²) in [7, 11) is -3.60. The van der Waals surface area contributed by atoms with E-state index in [4.69, 9.17) is 0 Å². The van der Waals surface area contributed by atoms with E-state index >= 15 is 0 Å². The third kappa shape index (κ3) is 3.83. The molecule has 0 unspecified atom stereocenters. The Labute approximate surface area is 105 Å². The van der Waals surface area contributed by atoms with Crippen molar-refractivity contribution in [2.75, 3.05) is 4.72 Å². The molecule has 0 aliphatic rings. The normalized spacial score (nSPS) is 13.4. The second-order valence-corrected chi connectivity index (χ2v) is 5.84. The van der Waals surface area contributed by atoms with Crippen molar-refractivity contribution in [2.45, 2.75) is 32.1 Å². The average Bonchev–Trinajstić information content (AvgIpc) is 2.29. The topological polar surface area (TPSA) is 55.4 Å². The maximum atomic E-state index is 12.2. The largest absolute Gasteiger partial charge is 0.433 e. The predicted octanol–water partition coefficient (Wildman–Crippen LogP) is 2.83. The van der Waals surface area contributed by atoms with Crippen LogP contribution in [-0.4, -0.2) is 20.3 Å². The van der Waals surface area contributed by atoms with E-state index in [2.05, 4.69) is 9.46 Å². The maximum Gasteiger partial charge on any atom is 0.387 e. The van der Waals surface area contributed by atoms with Crippen LogP contribution in [0.5, 0.6) is 5.75 Å². The zero-order valence-corrected chi connectivity index (χ0v) is 10.9. The number of halogens is 2. The van der Waals surface area contributed by atoms with Crippen molar-refractivity contribution in [1.82, 2.24) is 0 Å². The van der Waals surface area contributed by atoms with E-state index < -0.39 is 21.9 Å². The molecule has 1 rings (SSSR count). The van der Waals surface area contributed by atoms with Gasteiger partial charge < -0.3 is 4.74 Å². The van der Waals surface area contributed by atoms with E-state index in [1.54, 1.807) is 13.8 Å². The van der Waals surface area contributed by atoms with Gasteiger partial charge in [-0.25, -0.2) is 8.42 Å². The van der Waals surface area contributed by atoms with Gasteiger partial charge in [0.2, 0.25) is 10.0 Å². The van der Waals surface area contributed by atoms with Crippen molar-refractivity contribution in [3.63, 3.8) is 0 Å². The lowest BCUT2D eigenvalue weighted by atomic mass is 10.3. The number of anilines is 1. The van der Waals surface area contributed by atoms with Gasteiger partial charge >= 0.3 is 6.61 Å². The Hall–Kier alpha value is -1.37. The highest BCUT2D eigenvalue weighted by atomic mass is 32.2. The molecule has 1 aromatic rings. The number of benzene rings is 1. The maximum absolute atomic E-state index is 12.2. The van der Waals surface area contributed by atoms with E-state index in [0.29, 0.717) is 6.42 Å². The lowest BCUT2D eigenvalue weighted by molar-refractivity contribution is -0.0493. The second-order valence-electron chi connectivity index (χ2n) is 3.74. The fourth-order valence-corrected chi connectivity index (χ4v) is 2.34. The van der Waals surface area contributed by atoms with Crippen LogP contribution in [0.15, 0.2) is 24.3 Å². The van der Waals surface area contributed by atoms with E-state index in [1.807, 2.05) is 0 Å². The van der Waals surface area contributed by atoms with Crippen LogP contribution in [0.2, 0.25) is 0 Å². The molecule has 0 aromatic heterocycles. The Bertz CT molecular complexity index is 491. The van der Waals surface area contributed by atoms with Crippen LogP contribution in [0.1, 0.15) is 20.3 Å². The molecule has 102 valence electrons. The molecule has 0 fully saturated rings. The summed E-state index contributed by atoms with van der Waals surface area (Å²) in [4.78, 5) is 0.